The molecule has 0 atom stereocenters. The summed E-state index contributed by atoms with van der Waals surface area (Å²) in [6, 6.07) is 5.66. The Hall–Kier alpha value is -2.50. The third-order valence-electron chi connectivity index (χ3n) is 2.78. The predicted molar refractivity (Wildman–Crippen MR) is 74.4 cm³/mol. The highest BCUT2D eigenvalue weighted by Crippen LogP contribution is 2.10. The maximum atomic E-state index is 11.5. The number of carbonyl (C=O) groups excluding carboxylic acids is 1. The summed E-state index contributed by atoms with van der Waals surface area (Å²) in [6.07, 6.45) is 1.75. The predicted octanol–water partition coefficient (Wildman–Crippen LogP) is 1.89. The first-order valence-electron chi connectivity index (χ1n) is 6.18. The first-order valence-corrected chi connectivity index (χ1v) is 6.18. The minimum absolute atomic E-state index is 0.0488. The minimum Gasteiger partial charge on any atom is -0.463 e. The summed E-state index contributed by atoms with van der Waals surface area (Å²) in [6.45, 7) is 4.32. The third kappa shape index (κ3) is 3.28. The van der Waals surface area contributed by atoms with Crippen LogP contribution in [0.1, 0.15) is 27.6 Å². The van der Waals surface area contributed by atoms with Crippen LogP contribution in [-0.4, -0.2) is 28.0 Å². The summed E-state index contributed by atoms with van der Waals surface area (Å²) >= 11 is 0. The summed E-state index contributed by atoms with van der Waals surface area (Å²) in [7, 11) is 1.30. The van der Waals surface area contributed by atoms with Crippen molar-refractivity contribution in [3.8, 4) is 0 Å². The molecule has 0 bridgehead atoms. The topological polar surface area (TPSA) is 77.0 Å². The van der Waals surface area contributed by atoms with Crippen molar-refractivity contribution >= 4 is 11.8 Å². The van der Waals surface area contributed by atoms with Crippen LogP contribution in [0.15, 0.2) is 24.4 Å². The highest BCUT2D eigenvalue weighted by Gasteiger charge is 2.11. The standard InChI is InChI=1S/C14H16N4O2/c1-9-5-4-6-15-11(9)8-16-12-7-10(2)17-13(18-12)14(19)20-3/h4-7H,8H2,1-3H3,(H,16,17,18). The van der Waals surface area contributed by atoms with Crippen molar-refractivity contribution in [2.75, 3.05) is 12.4 Å². The Morgan fingerprint density at radius 1 is 1.35 bits per heavy atom. The molecule has 0 radical (unpaired) electrons. The van der Waals surface area contributed by atoms with Gasteiger partial charge in [-0.3, -0.25) is 4.98 Å². The average molecular weight is 272 g/mol. The number of nitrogens with one attached hydrogen (secondary N) is 1. The Morgan fingerprint density at radius 2 is 2.15 bits per heavy atom. The Kier molecular flexibility index (Phi) is 4.24. The number of hydrogen-bond donors (Lipinski definition) is 1. The maximum Gasteiger partial charge on any atom is 0.376 e. The normalized spacial score (nSPS) is 10.2. The molecule has 0 aliphatic heterocycles. The van der Waals surface area contributed by atoms with Crippen LogP contribution in [0.25, 0.3) is 0 Å². The van der Waals surface area contributed by atoms with Crippen molar-refractivity contribution in [1.82, 2.24) is 15.0 Å². The van der Waals surface area contributed by atoms with Crippen LogP contribution < -0.4 is 5.32 Å². The number of methoxy groups -OCH3 is 1. The van der Waals surface area contributed by atoms with E-state index in [2.05, 4.69) is 25.0 Å². The molecular formula is C14H16N4O2. The number of pyridine rings is 1. The molecule has 2 aromatic heterocycles. The van der Waals surface area contributed by atoms with Crippen molar-refractivity contribution in [2.24, 2.45) is 0 Å². The van der Waals surface area contributed by atoms with E-state index in [0.717, 1.165) is 11.3 Å². The Balaban J connectivity index is 2.16. The van der Waals surface area contributed by atoms with Gasteiger partial charge in [-0.25, -0.2) is 14.8 Å². The number of esters is 1. The number of nitrogens with zero attached hydrogens (tertiary/aromatic N) is 3. The van der Waals surface area contributed by atoms with Gasteiger partial charge in [0.05, 0.1) is 19.3 Å². The summed E-state index contributed by atoms with van der Waals surface area (Å²) in [4.78, 5) is 23.9. The zero-order valence-corrected chi connectivity index (χ0v) is 11.7. The van der Waals surface area contributed by atoms with Crippen molar-refractivity contribution in [3.05, 3.63) is 47.2 Å². The molecule has 20 heavy (non-hydrogen) atoms. The molecular weight excluding hydrogens is 256 g/mol. The highest BCUT2D eigenvalue weighted by atomic mass is 16.5. The van der Waals surface area contributed by atoms with Gasteiger partial charge in [0, 0.05) is 18.0 Å². The molecule has 1 N–H and O–H groups in total. The van der Waals surface area contributed by atoms with Crippen molar-refractivity contribution in [2.45, 2.75) is 20.4 Å². The summed E-state index contributed by atoms with van der Waals surface area (Å²) in [5, 5.41) is 3.14. The molecule has 2 aromatic rings. The molecule has 6 heteroatoms. The Bertz CT molecular complexity index is 628. The van der Waals surface area contributed by atoms with E-state index in [1.54, 1.807) is 19.2 Å². The molecule has 0 aliphatic rings. The van der Waals surface area contributed by atoms with Gasteiger partial charge in [-0.15, -0.1) is 0 Å². The monoisotopic (exact) mass is 272 g/mol. The van der Waals surface area contributed by atoms with Crippen LogP contribution >= 0.6 is 0 Å². The van der Waals surface area contributed by atoms with Gasteiger partial charge < -0.3 is 10.1 Å². The number of rotatable bonds is 4. The molecule has 104 valence electrons. The number of ether oxygens (including phenoxy) is 1. The van der Waals surface area contributed by atoms with Gasteiger partial charge in [0.1, 0.15) is 5.82 Å². The quantitative estimate of drug-likeness (QED) is 0.856. The van der Waals surface area contributed by atoms with Gasteiger partial charge in [0.15, 0.2) is 0 Å². The average Bonchev–Trinajstić information content (AvgIpc) is 2.45. The molecule has 6 nitrogen and oxygen atoms in total. The van der Waals surface area contributed by atoms with Crippen LogP contribution in [-0.2, 0) is 11.3 Å². The van der Waals surface area contributed by atoms with Gasteiger partial charge in [0.2, 0.25) is 5.82 Å². The number of carbonyl (C=O) groups is 1. The van der Waals surface area contributed by atoms with Gasteiger partial charge in [-0.1, -0.05) is 6.07 Å². The van der Waals surface area contributed by atoms with E-state index in [1.807, 2.05) is 19.1 Å². The van der Waals surface area contributed by atoms with Crippen molar-refractivity contribution in [3.63, 3.8) is 0 Å². The van der Waals surface area contributed by atoms with Crippen LogP contribution in [0.5, 0.6) is 0 Å². The van der Waals surface area contributed by atoms with E-state index in [4.69, 9.17) is 0 Å². The molecule has 0 amide bonds. The van der Waals surface area contributed by atoms with E-state index >= 15 is 0 Å². The van der Waals surface area contributed by atoms with Crippen LogP contribution in [0.3, 0.4) is 0 Å². The first-order chi connectivity index (χ1) is 9.60. The molecule has 0 spiro atoms. The van der Waals surface area contributed by atoms with Gasteiger partial charge in [-0.05, 0) is 25.5 Å². The fourth-order valence-electron chi connectivity index (χ4n) is 1.72. The lowest BCUT2D eigenvalue weighted by Gasteiger charge is -2.08. The second kappa shape index (κ2) is 6.10. The zero-order chi connectivity index (χ0) is 14.5. The molecule has 2 heterocycles. The molecule has 0 fully saturated rings. The van der Waals surface area contributed by atoms with E-state index in [0.29, 0.717) is 18.1 Å². The molecule has 0 unspecified atom stereocenters. The first kappa shape index (κ1) is 13.9. The summed E-state index contributed by atoms with van der Waals surface area (Å²) < 4.78 is 4.62. The molecule has 0 aliphatic carbocycles. The van der Waals surface area contributed by atoms with Crippen LogP contribution in [0, 0.1) is 13.8 Å². The van der Waals surface area contributed by atoms with E-state index < -0.39 is 5.97 Å². The maximum absolute atomic E-state index is 11.5. The van der Waals surface area contributed by atoms with Crippen molar-refractivity contribution < 1.29 is 9.53 Å². The lowest BCUT2D eigenvalue weighted by atomic mass is 10.2. The van der Waals surface area contributed by atoms with Crippen molar-refractivity contribution in [1.29, 1.82) is 0 Å². The third-order valence-corrected chi connectivity index (χ3v) is 2.78. The van der Waals surface area contributed by atoms with Gasteiger partial charge in [0.25, 0.3) is 0 Å². The van der Waals surface area contributed by atoms with E-state index in [1.165, 1.54) is 7.11 Å². The molecule has 0 saturated carbocycles. The van der Waals surface area contributed by atoms with Crippen LogP contribution in [0.2, 0.25) is 0 Å². The second-order valence-corrected chi connectivity index (χ2v) is 4.33. The largest absolute Gasteiger partial charge is 0.463 e. The molecule has 2 rings (SSSR count). The number of hydrogen-bond acceptors (Lipinski definition) is 6. The number of aromatic nitrogens is 3. The molecule has 0 aromatic carbocycles. The smallest absolute Gasteiger partial charge is 0.376 e. The fourth-order valence-corrected chi connectivity index (χ4v) is 1.72. The van der Waals surface area contributed by atoms with Gasteiger partial charge in [-0.2, -0.15) is 0 Å². The lowest BCUT2D eigenvalue weighted by molar-refractivity contribution is 0.0586. The SMILES string of the molecule is COC(=O)c1nc(C)cc(NCc2ncccc2C)n1. The molecule has 0 saturated heterocycles. The highest BCUT2D eigenvalue weighted by molar-refractivity contribution is 5.85. The van der Waals surface area contributed by atoms with E-state index in [-0.39, 0.29) is 5.82 Å². The Labute approximate surface area is 117 Å². The minimum atomic E-state index is -0.550. The second-order valence-electron chi connectivity index (χ2n) is 4.33. The number of anilines is 1. The Morgan fingerprint density at radius 3 is 2.85 bits per heavy atom. The lowest BCUT2D eigenvalue weighted by Crippen LogP contribution is -2.12. The zero-order valence-electron chi connectivity index (χ0n) is 11.7. The van der Waals surface area contributed by atoms with Crippen LogP contribution in [0.4, 0.5) is 5.82 Å². The fraction of sp³-hybridized carbons (Fsp3) is 0.286. The van der Waals surface area contributed by atoms with Gasteiger partial charge >= 0.3 is 5.97 Å². The van der Waals surface area contributed by atoms with E-state index in [9.17, 15) is 4.79 Å². The summed E-state index contributed by atoms with van der Waals surface area (Å²) in [5.41, 5.74) is 2.72. The summed E-state index contributed by atoms with van der Waals surface area (Å²) in [5.74, 6) is 0.0708. The number of aryl methyl sites for hydroxylation is 2.